The quantitative estimate of drug-likeness (QED) is 0.144. The highest BCUT2D eigenvalue weighted by atomic mass is 16.2. The molecule has 0 aliphatic heterocycles. The van der Waals surface area contributed by atoms with Gasteiger partial charge in [0.05, 0.1) is 0 Å². The second kappa shape index (κ2) is 3.88. The van der Waals surface area contributed by atoms with Gasteiger partial charge in [-0.15, -0.1) is 0 Å². The van der Waals surface area contributed by atoms with Gasteiger partial charge in [0.1, 0.15) is 0 Å². The zero-order chi connectivity index (χ0) is 6.41. The van der Waals surface area contributed by atoms with E-state index >= 15 is 0 Å². The number of hydrogen-bond donors (Lipinski definition) is 4. The average molecular weight is 118 g/mol. The zero-order valence-corrected chi connectivity index (χ0v) is 3.97. The van der Waals surface area contributed by atoms with Crippen molar-refractivity contribution in [1.82, 2.24) is 16.3 Å². The first-order valence-electron chi connectivity index (χ1n) is 1.77. The van der Waals surface area contributed by atoms with E-state index in [4.69, 9.17) is 0 Å². The summed E-state index contributed by atoms with van der Waals surface area (Å²) in [5, 5.41) is 0. The Morgan fingerprint density at radius 2 is 2.25 bits per heavy atom. The maximum Gasteiger partial charge on any atom is 0.347 e. The molecule has 0 aliphatic carbocycles. The lowest BCUT2D eigenvalue weighted by Crippen LogP contribution is -2.46. The Labute approximate surface area is 45.4 Å². The number of amides is 3. The number of nitrogens with one attached hydrogen (secondary N) is 3. The Hall–Kier alpha value is -1.30. The number of rotatable bonds is 2. The molecule has 46 valence electrons. The summed E-state index contributed by atoms with van der Waals surface area (Å²) in [6, 6.07) is -0.669. The van der Waals surface area contributed by atoms with Crippen LogP contribution in [-0.2, 0) is 4.79 Å². The number of hydrogen-bond acceptors (Lipinski definition) is 3. The van der Waals surface area contributed by atoms with Crippen molar-refractivity contribution >= 4 is 12.4 Å². The predicted octanol–water partition coefficient (Wildman–Crippen LogP) is -2.18. The minimum Gasteiger partial charge on any atom is -0.277 e. The van der Waals surface area contributed by atoms with E-state index in [0.717, 1.165) is 0 Å². The Kier molecular flexibility index (Phi) is 3.25. The molecule has 3 amide bonds. The summed E-state index contributed by atoms with van der Waals surface area (Å²) in [5.41, 5.74) is 5.49. The van der Waals surface area contributed by atoms with E-state index in [1.165, 1.54) is 0 Å². The molecule has 6 nitrogen and oxygen atoms in total. The highest BCUT2D eigenvalue weighted by Crippen LogP contribution is 1.47. The van der Waals surface area contributed by atoms with Crippen molar-refractivity contribution in [3.05, 3.63) is 0 Å². The molecule has 0 heterocycles. The molecule has 0 saturated heterocycles. The third-order valence-corrected chi connectivity index (χ3v) is 0.376. The summed E-state index contributed by atoms with van der Waals surface area (Å²) in [5.74, 6) is 4.59. The van der Waals surface area contributed by atoms with Crippen molar-refractivity contribution in [1.29, 1.82) is 0 Å². The minimum absolute atomic E-state index is 0.315. The van der Waals surface area contributed by atoms with Crippen LogP contribution in [0.15, 0.2) is 0 Å². The number of urea groups is 1. The van der Waals surface area contributed by atoms with Crippen LogP contribution in [0, 0.1) is 0 Å². The maximum absolute atomic E-state index is 10.0. The molecule has 0 saturated carbocycles. The molecule has 0 aromatic heterocycles. The van der Waals surface area contributed by atoms with Crippen molar-refractivity contribution in [2.45, 2.75) is 0 Å². The smallest absolute Gasteiger partial charge is 0.277 e. The predicted molar refractivity (Wildman–Crippen MR) is 25.1 cm³/mol. The number of hydrazine groups is 2. The monoisotopic (exact) mass is 118 g/mol. The van der Waals surface area contributed by atoms with Gasteiger partial charge in [-0.05, 0) is 0 Å². The van der Waals surface area contributed by atoms with Crippen LogP contribution in [0.4, 0.5) is 4.79 Å². The fourth-order valence-corrected chi connectivity index (χ4v) is 0.131. The van der Waals surface area contributed by atoms with Crippen LogP contribution >= 0.6 is 0 Å². The van der Waals surface area contributed by atoms with Crippen LogP contribution in [0.5, 0.6) is 0 Å². The summed E-state index contributed by atoms with van der Waals surface area (Å²) in [4.78, 5) is 19.4. The SMILES string of the molecule is NNC(=O)NNC=O. The average Bonchev–Trinajstić information content (AvgIpc) is 1.83. The van der Waals surface area contributed by atoms with Crippen LogP contribution in [0.2, 0.25) is 0 Å². The molecule has 6 heteroatoms. The number of nitrogens with two attached hydrogens (primary N) is 1. The standard InChI is InChI=1S/C2H6N4O2/c3-5-2(8)6-4-1-7/h1H,3H2,(H,4,7)(H2,5,6,8). The molecule has 0 spiro atoms. The normalized spacial score (nSPS) is 7.12. The summed E-state index contributed by atoms with van der Waals surface area (Å²) in [6.07, 6.45) is 0.315. The summed E-state index contributed by atoms with van der Waals surface area (Å²) < 4.78 is 0. The first-order valence-corrected chi connectivity index (χ1v) is 1.77. The van der Waals surface area contributed by atoms with E-state index < -0.39 is 6.03 Å². The molecule has 0 rings (SSSR count). The van der Waals surface area contributed by atoms with E-state index in [9.17, 15) is 9.59 Å². The topological polar surface area (TPSA) is 96.2 Å². The first-order chi connectivity index (χ1) is 3.81. The molecule has 0 unspecified atom stereocenters. The molecule has 0 bridgehead atoms. The van der Waals surface area contributed by atoms with Crippen molar-refractivity contribution in [2.24, 2.45) is 5.84 Å². The molecule has 0 fully saturated rings. The lowest BCUT2D eigenvalue weighted by atomic mass is 11.1. The Morgan fingerprint density at radius 1 is 1.62 bits per heavy atom. The highest BCUT2D eigenvalue weighted by molar-refractivity contribution is 5.73. The van der Waals surface area contributed by atoms with Crippen LogP contribution < -0.4 is 22.1 Å². The van der Waals surface area contributed by atoms with Crippen LogP contribution in [0.3, 0.4) is 0 Å². The summed E-state index contributed by atoms with van der Waals surface area (Å²) in [7, 11) is 0. The van der Waals surface area contributed by atoms with E-state index in [-0.39, 0.29) is 0 Å². The van der Waals surface area contributed by atoms with Gasteiger partial charge in [-0.2, -0.15) is 0 Å². The third-order valence-electron chi connectivity index (χ3n) is 0.376. The summed E-state index contributed by atoms with van der Waals surface area (Å²) in [6.45, 7) is 0. The van der Waals surface area contributed by atoms with Gasteiger partial charge in [0, 0.05) is 0 Å². The number of carbonyl (C=O) groups excluding carboxylic acids is 2. The van der Waals surface area contributed by atoms with Crippen LogP contribution in [-0.4, -0.2) is 12.4 Å². The van der Waals surface area contributed by atoms with Gasteiger partial charge in [-0.3, -0.25) is 15.6 Å². The van der Waals surface area contributed by atoms with Gasteiger partial charge in [0.15, 0.2) is 0 Å². The third kappa shape index (κ3) is 2.91. The fraction of sp³-hybridized carbons (Fsp3) is 0. The lowest BCUT2D eigenvalue weighted by Gasteiger charge is -1.97. The van der Waals surface area contributed by atoms with E-state index in [1.54, 1.807) is 5.43 Å². The summed E-state index contributed by atoms with van der Waals surface area (Å²) >= 11 is 0. The van der Waals surface area contributed by atoms with Crippen molar-refractivity contribution in [3.8, 4) is 0 Å². The van der Waals surface area contributed by atoms with Gasteiger partial charge in [0.25, 0.3) is 0 Å². The Bertz CT molecular complexity index is 92.0. The van der Waals surface area contributed by atoms with E-state index in [0.29, 0.717) is 6.41 Å². The largest absolute Gasteiger partial charge is 0.347 e. The number of carbonyl (C=O) groups is 2. The highest BCUT2D eigenvalue weighted by Gasteiger charge is 1.88. The Balaban J connectivity index is 3.11. The molecule has 0 aromatic carbocycles. The molecular formula is C2H6N4O2. The van der Waals surface area contributed by atoms with Gasteiger partial charge in [-0.1, -0.05) is 0 Å². The van der Waals surface area contributed by atoms with Crippen LogP contribution in [0.25, 0.3) is 0 Å². The van der Waals surface area contributed by atoms with Gasteiger partial charge in [-0.25, -0.2) is 16.1 Å². The van der Waals surface area contributed by atoms with E-state index in [2.05, 4.69) is 5.84 Å². The van der Waals surface area contributed by atoms with E-state index in [1.807, 2.05) is 10.9 Å². The molecule has 0 radical (unpaired) electrons. The molecule has 0 atom stereocenters. The van der Waals surface area contributed by atoms with Crippen molar-refractivity contribution in [3.63, 3.8) is 0 Å². The maximum atomic E-state index is 10.0. The molecule has 0 aromatic rings. The lowest BCUT2D eigenvalue weighted by molar-refractivity contribution is -0.110. The van der Waals surface area contributed by atoms with Gasteiger partial charge in [0.2, 0.25) is 6.41 Å². The molecule has 0 aliphatic rings. The molecular weight excluding hydrogens is 112 g/mol. The minimum atomic E-state index is -0.669. The molecule has 5 N–H and O–H groups in total. The fourth-order valence-electron chi connectivity index (χ4n) is 0.131. The van der Waals surface area contributed by atoms with Crippen LogP contribution in [0.1, 0.15) is 0 Å². The zero-order valence-electron chi connectivity index (χ0n) is 3.97. The first kappa shape index (κ1) is 6.70. The van der Waals surface area contributed by atoms with Crippen molar-refractivity contribution in [2.75, 3.05) is 0 Å². The second-order valence-corrected chi connectivity index (χ2v) is 0.861. The Morgan fingerprint density at radius 3 is 2.62 bits per heavy atom. The van der Waals surface area contributed by atoms with Gasteiger partial charge < -0.3 is 0 Å². The second-order valence-electron chi connectivity index (χ2n) is 0.861. The van der Waals surface area contributed by atoms with Crippen molar-refractivity contribution < 1.29 is 9.59 Å². The van der Waals surface area contributed by atoms with Gasteiger partial charge >= 0.3 is 6.03 Å². The molecule has 8 heavy (non-hydrogen) atoms.